The second kappa shape index (κ2) is 10.8. The lowest BCUT2D eigenvalue weighted by molar-refractivity contribution is 1.18. The standard InChI is InChI=1S/C39H25N3S/c1-2-8-26(9-3-1)27-15-17-28(18-16-27)35-24-36(30-19-20-38-34(23-30)33-13-4-5-14-37(33)43-38)42-39(41-35)31-11-6-10-29(22-31)32-12-7-21-40-25-32/h1-25H. The number of nitrogens with zero attached hydrogens (tertiary/aromatic N) is 3. The molecule has 0 saturated carbocycles. The largest absolute Gasteiger partial charge is 0.264 e. The van der Waals surface area contributed by atoms with Crippen molar-refractivity contribution in [3.63, 3.8) is 0 Å². The van der Waals surface area contributed by atoms with E-state index in [9.17, 15) is 0 Å². The van der Waals surface area contributed by atoms with E-state index in [1.807, 2.05) is 29.7 Å². The maximum Gasteiger partial charge on any atom is 0.160 e. The molecule has 8 aromatic rings. The molecular weight excluding hydrogens is 543 g/mol. The molecule has 0 saturated heterocycles. The van der Waals surface area contributed by atoms with E-state index < -0.39 is 0 Å². The lowest BCUT2D eigenvalue weighted by Gasteiger charge is -2.11. The average molecular weight is 568 g/mol. The van der Waals surface area contributed by atoms with Crippen molar-refractivity contribution in [3.05, 3.63) is 152 Å². The van der Waals surface area contributed by atoms with Crippen molar-refractivity contribution < 1.29 is 0 Å². The first-order valence-corrected chi connectivity index (χ1v) is 15.1. The minimum atomic E-state index is 0.695. The summed E-state index contributed by atoms with van der Waals surface area (Å²) in [6.07, 6.45) is 3.68. The first-order chi connectivity index (χ1) is 21.3. The zero-order valence-electron chi connectivity index (χ0n) is 23.2. The molecule has 0 N–H and O–H groups in total. The molecule has 0 atom stereocenters. The minimum absolute atomic E-state index is 0.695. The van der Waals surface area contributed by atoms with Crippen molar-refractivity contribution in [2.24, 2.45) is 0 Å². The Bertz CT molecular complexity index is 2220. The molecule has 0 aliphatic carbocycles. The van der Waals surface area contributed by atoms with Crippen LogP contribution < -0.4 is 0 Å². The van der Waals surface area contributed by atoms with Crippen molar-refractivity contribution in [1.82, 2.24) is 15.0 Å². The lowest BCUT2D eigenvalue weighted by atomic mass is 10.0. The molecule has 0 aliphatic rings. The molecule has 0 fully saturated rings. The van der Waals surface area contributed by atoms with Crippen LogP contribution in [0.15, 0.2) is 152 Å². The van der Waals surface area contributed by atoms with Crippen LogP contribution in [0.2, 0.25) is 0 Å². The summed E-state index contributed by atoms with van der Waals surface area (Å²) in [6.45, 7) is 0. The molecule has 3 heterocycles. The van der Waals surface area contributed by atoms with E-state index >= 15 is 0 Å². The second-order valence-corrected chi connectivity index (χ2v) is 11.6. The van der Waals surface area contributed by atoms with E-state index in [4.69, 9.17) is 9.97 Å². The van der Waals surface area contributed by atoms with Gasteiger partial charge in [0, 0.05) is 54.8 Å². The van der Waals surface area contributed by atoms with Gasteiger partial charge in [0.05, 0.1) is 11.4 Å². The fraction of sp³-hybridized carbons (Fsp3) is 0. The third-order valence-electron chi connectivity index (χ3n) is 7.80. The highest BCUT2D eigenvalue weighted by Crippen LogP contribution is 2.37. The summed E-state index contributed by atoms with van der Waals surface area (Å²) in [7, 11) is 0. The van der Waals surface area contributed by atoms with E-state index in [1.54, 1.807) is 6.20 Å². The molecule has 0 aliphatic heterocycles. The molecule has 3 aromatic heterocycles. The van der Waals surface area contributed by atoms with Crippen LogP contribution in [0.25, 0.3) is 76.3 Å². The Hall–Kier alpha value is -5.45. The summed E-state index contributed by atoms with van der Waals surface area (Å²) < 4.78 is 2.57. The van der Waals surface area contributed by atoms with Crippen molar-refractivity contribution >= 4 is 31.5 Å². The van der Waals surface area contributed by atoms with Gasteiger partial charge in [-0.05, 0) is 53.1 Å². The van der Waals surface area contributed by atoms with E-state index in [2.05, 4.69) is 132 Å². The highest BCUT2D eigenvalue weighted by atomic mass is 32.1. The maximum atomic E-state index is 5.15. The lowest BCUT2D eigenvalue weighted by Crippen LogP contribution is -1.96. The molecule has 3 nitrogen and oxygen atoms in total. The van der Waals surface area contributed by atoms with Crippen LogP contribution in [-0.2, 0) is 0 Å². The number of hydrogen-bond donors (Lipinski definition) is 0. The molecule has 4 heteroatoms. The van der Waals surface area contributed by atoms with Crippen LogP contribution in [0, 0.1) is 0 Å². The van der Waals surface area contributed by atoms with Gasteiger partial charge in [0.1, 0.15) is 0 Å². The predicted molar refractivity (Wildman–Crippen MR) is 180 cm³/mol. The van der Waals surface area contributed by atoms with E-state index in [1.165, 1.54) is 31.3 Å². The molecule has 43 heavy (non-hydrogen) atoms. The number of aromatic nitrogens is 3. The number of fused-ring (bicyclic) bond motifs is 3. The molecule has 202 valence electrons. The van der Waals surface area contributed by atoms with Gasteiger partial charge in [-0.25, -0.2) is 9.97 Å². The van der Waals surface area contributed by atoms with Crippen LogP contribution in [-0.4, -0.2) is 15.0 Å². The first kappa shape index (κ1) is 25.3. The van der Waals surface area contributed by atoms with Gasteiger partial charge in [0.15, 0.2) is 5.82 Å². The molecular formula is C39H25N3S. The minimum Gasteiger partial charge on any atom is -0.264 e. The normalized spacial score (nSPS) is 11.3. The molecule has 0 amide bonds. The Balaban J connectivity index is 1.28. The Morgan fingerprint density at radius 2 is 1.05 bits per heavy atom. The van der Waals surface area contributed by atoms with E-state index in [0.29, 0.717) is 5.82 Å². The van der Waals surface area contributed by atoms with Crippen LogP contribution >= 0.6 is 11.3 Å². The maximum absolute atomic E-state index is 5.15. The number of thiophene rings is 1. The average Bonchev–Trinajstić information content (AvgIpc) is 3.47. The van der Waals surface area contributed by atoms with Crippen molar-refractivity contribution in [2.45, 2.75) is 0 Å². The van der Waals surface area contributed by atoms with Gasteiger partial charge >= 0.3 is 0 Å². The third kappa shape index (κ3) is 4.88. The first-order valence-electron chi connectivity index (χ1n) is 14.3. The Labute approximate surface area is 253 Å². The Morgan fingerprint density at radius 3 is 1.88 bits per heavy atom. The fourth-order valence-corrected chi connectivity index (χ4v) is 6.68. The van der Waals surface area contributed by atoms with Crippen LogP contribution in [0.1, 0.15) is 0 Å². The van der Waals surface area contributed by atoms with E-state index in [0.717, 1.165) is 39.2 Å². The van der Waals surface area contributed by atoms with Gasteiger partial charge in [0.2, 0.25) is 0 Å². The van der Waals surface area contributed by atoms with Crippen LogP contribution in [0.3, 0.4) is 0 Å². The fourth-order valence-electron chi connectivity index (χ4n) is 5.59. The topological polar surface area (TPSA) is 38.7 Å². The summed E-state index contributed by atoms with van der Waals surface area (Å²) in [6, 6.07) is 48.9. The van der Waals surface area contributed by atoms with Gasteiger partial charge < -0.3 is 0 Å². The van der Waals surface area contributed by atoms with Gasteiger partial charge in [-0.1, -0.05) is 103 Å². The summed E-state index contributed by atoms with van der Waals surface area (Å²) in [5.74, 6) is 0.695. The third-order valence-corrected chi connectivity index (χ3v) is 8.95. The van der Waals surface area contributed by atoms with Gasteiger partial charge in [0.25, 0.3) is 0 Å². The van der Waals surface area contributed by atoms with Crippen LogP contribution in [0.4, 0.5) is 0 Å². The van der Waals surface area contributed by atoms with Crippen LogP contribution in [0.5, 0.6) is 0 Å². The van der Waals surface area contributed by atoms with Crippen molar-refractivity contribution in [2.75, 3.05) is 0 Å². The molecule has 0 unspecified atom stereocenters. The zero-order valence-corrected chi connectivity index (χ0v) is 24.0. The monoisotopic (exact) mass is 567 g/mol. The van der Waals surface area contributed by atoms with Gasteiger partial charge in [-0.3, -0.25) is 4.98 Å². The SMILES string of the molecule is c1ccc(-c2ccc(-c3cc(-c4ccc5sc6ccccc6c5c4)nc(-c4cccc(-c5cccnc5)c4)n3)cc2)cc1. The van der Waals surface area contributed by atoms with Gasteiger partial charge in [-0.2, -0.15) is 0 Å². The van der Waals surface area contributed by atoms with Gasteiger partial charge in [-0.15, -0.1) is 11.3 Å². The van der Waals surface area contributed by atoms with Crippen molar-refractivity contribution in [3.8, 4) is 56.2 Å². The quantitative estimate of drug-likeness (QED) is 0.208. The molecule has 8 rings (SSSR count). The zero-order chi connectivity index (χ0) is 28.6. The second-order valence-electron chi connectivity index (χ2n) is 10.5. The number of hydrogen-bond acceptors (Lipinski definition) is 4. The summed E-state index contributed by atoms with van der Waals surface area (Å²) in [5, 5.41) is 2.53. The number of pyridine rings is 1. The van der Waals surface area contributed by atoms with Crippen molar-refractivity contribution in [1.29, 1.82) is 0 Å². The Kier molecular flexibility index (Phi) is 6.32. The molecule has 0 spiro atoms. The van der Waals surface area contributed by atoms with E-state index in [-0.39, 0.29) is 0 Å². The molecule has 5 aromatic carbocycles. The summed E-state index contributed by atoms with van der Waals surface area (Å²) >= 11 is 1.83. The molecule has 0 bridgehead atoms. The molecule has 0 radical (unpaired) electrons. The summed E-state index contributed by atoms with van der Waals surface area (Å²) in [5.41, 5.74) is 9.40. The summed E-state index contributed by atoms with van der Waals surface area (Å²) in [4.78, 5) is 14.6. The Morgan fingerprint density at radius 1 is 0.395 bits per heavy atom. The number of rotatable bonds is 5. The highest BCUT2D eigenvalue weighted by Gasteiger charge is 2.14. The predicted octanol–water partition coefficient (Wildman–Crippen LogP) is 10.6. The highest BCUT2D eigenvalue weighted by molar-refractivity contribution is 7.25. The number of benzene rings is 5. The smallest absolute Gasteiger partial charge is 0.160 e.